The van der Waals surface area contributed by atoms with Gasteiger partial charge in [-0.3, -0.25) is 4.79 Å². The Kier molecular flexibility index (Phi) is 3.05. The Labute approximate surface area is 89.9 Å². The number of carbonyl (C=O) groups excluding carboxylic acids is 1. The molecule has 0 amide bonds. The van der Waals surface area contributed by atoms with Gasteiger partial charge in [-0.25, -0.2) is 4.31 Å². The average Bonchev–Trinajstić information content (AvgIpc) is 2.43. The SMILES string of the molecule is CC1=CN(S(=O)(=O)N(C)C)C(C=O)N1C. The van der Waals surface area contributed by atoms with E-state index in [1.54, 1.807) is 18.9 Å². The zero-order valence-corrected chi connectivity index (χ0v) is 10.0. The zero-order chi connectivity index (χ0) is 11.8. The van der Waals surface area contributed by atoms with Crippen LogP contribution in [0.25, 0.3) is 0 Å². The van der Waals surface area contributed by atoms with Crippen LogP contribution in [0.4, 0.5) is 0 Å². The second-order valence-electron chi connectivity index (χ2n) is 3.55. The summed E-state index contributed by atoms with van der Waals surface area (Å²) in [5.74, 6) is 0. The van der Waals surface area contributed by atoms with Crippen molar-refractivity contribution in [3.63, 3.8) is 0 Å². The molecule has 1 aliphatic heterocycles. The first kappa shape index (κ1) is 12.0. The lowest BCUT2D eigenvalue weighted by atomic mass is 10.5. The van der Waals surface area contributed by atoms with Crippen LogP contribution in [0.3, 0.4) is 0 Å². The Bertz CT molecular complexity index is 388. The fourth-order valence-electron chi connectivity index (χ4n) is 1.27. The summed E-state index contributed by atoms with van der Waals surface area (Å²) in [5, 5.41) is 0. The normalized spacial score (nSPS) is 22.2. The maximum absolute atomic E-state index is 11.8. The first-order chi connectivity index (χ1) is 6.82. The van der Waals surface area contributed by atoms with Gasteiger partial charge in [0.1, 0.15) is 0 Å². The summed E-state index contributed by atoms with van der Waals surface area (Å²) in [6.07, 6.45) is 1.28. The predicted molar refractivity (Wildman–Crippen MR) is 55.8 cm³/mol. The minimum Gasteiger partial charge on any atom is -0.350 e. The highest BCUT2D eigenvalue weighted by molar-refractivity contribution is 7.86. The van der Waals surface area contributed by atoms with Crippen molar-refractivity contribution in [3.8, 4) is 0 Å². The van der Waals surface area contributed by atoms with Crippen LogP contribution in [0.15, 0.2) is 11.9 Å². The van der Waals surface area contributed by atoms with E-state index in [0.717, 1.165) is 14.3 Å². The number of rotatable bonds is 3. The molecule has 6 nitrogen and oxygen atoms in total. The van der Waals surface area contributed by atoms with Crippen LogP contribution < -0.4 is 0 Å². The molecule has 0 fully saturated rings. The largest absolute Gasteiger partial charge is 0.350 e. The topological polar surface area (TPSA) is 60.9 Å². The van der Waals surface area contributed by atoms with E-state index in [1.165, 1.54) is 20.3 Å². The highest BCUT2D eigenvalue weighted by Gasteiger charge is 2.36. The molecule has 86 valence electrons. The van der Waals surface area contributed by atoms with Crippen LogP contribution in [0, 0.1) is 0 Å². The summed E-state index contributed by atoms with van der Waals surface area (Å²) in [5.41, 5.74) is 0.734. The summed E-state index contributed by atoms with van der Waals surface area (Å²) in [6.45, 7) is 1.75. The molecule has 0 aliphatic carbocycles. The molecule has 1 heterocycles. The molecule has 0 bridgehead atoms. The van der Waals surface area contributed by atoms with Gasteiger partial charge in [0, 0.05) is 33.0 Å². The molecule has 7 heteroatoms. The van der Waals surface area contributed by atoms with Crippen molar-refractivity contribution in [2.75, 3.05) is 21.1 Å². The molecule has 0 saturated carbocycles. The van der Waals surface area contributed by atoms with Gasteiger partial charge in [0.05, 0.1) is 0 Å². The maximum Gasteiger partial charge on any atom is 0.305 e. The molecule has 0 radical (unpaired) electrons. The zero-order valence-electron chi connectivity index (χ0n) is 9.21. The van der Waals surface area contributed by atoms with Gasteiger partial charge >= 0.3 is 10.2 Å². The van der Waals surface area contributed by atoms with Crippen LogP contribution in [0.1, 0.15) is 6.92 Å². The third-order valence-corrected chi connectivity index (χ3v) is 4.15. The predicted octanol–water partition coefficient (Wildman–Crippen LogP) is -0.573. The van der Waals surface area contributed by atoms with Crippen molar-refractivity contribution in [1.29, 1.82) is 0 Å². The van der Waals surface area contributed by atoms with Crippen LogP contribution in [-0.2, 0) is 15.0 Å². The average molecular weight is 233 g/mol. The van der Waals surface area contributed by atoms with Gasteiger partial charge in [0.2, 0.25) is 0 Å². The minimum atomic E-state index is -3.59. The van der Waals surface area contributed by atoms with E-state index < -0.39 is 16.4 Å². The second-order valence-corrected chi connectivity index (χ2v) is 5.60. The fraction of sp³-hybridized carbons (Fsp3) is 0.625. The van der Waals surface area contributed by atoms with Gasteiger partial charge in [-0.15, -0.1) is 0 Å². The summed E-state index contributed by atoms with van der Waals surface area (Å²) in [4.78, 5) is 12.4. The van der Waals surface area contributed by atoms with Gasteiger partial charge in [0.15, 0.2) is 12.5 Å². The number of allylic oxidation sites excluding steroid dienone is 1. The maximum atomic E-state index is 11.8. The molecule has 0 spiro atoms. The first-order valence-corrected chi connectivity index (χ1v) is 5.79. The van der Waals surface area contributed by atoms with E-state index >= 15 is 0 Å². The molecule has 1 aliphatic rings. The molecular weight excluding hydrogens is 218 g/mol. The molecule has 15 heavy (non-hydrogen) atoms. The number of aldehydes is 1. The van der Waals surface area contributed by atoms with Gasteiger partial charge in [-0.05, 0) is 6.92 Å². The van der Waals surface area contributed by atoms with Crippen LogP contribution in [0.5, 0.6) is 0 Å². The highest BCUT2D eigenvalue weighted by Crippen LogP contribution is 2.23. The third kappa shape index (κ3) is 1.84. The molecule has 0 aromatic heterocycles. The Morgan fingerprint density at radius 2 is 2.00 bits per heavy atom. The van der Waals surface area contributed by atoms with E-state index in [-0.39, 0.29) is 0 Å². The minimum absolute atomic E-state index is 0.605. The molecular formula is C8H15N3O3S. The van der Waals surface area contributed by atoms with Crippen molar-refractivity contribution < 1.29 is 13.2 Å². The number of carbonyl (C=O) groups is 1. The van der Waals surface area contributed by atoms with Gasteiger partial charge in [-0.2, -0.15) is 12.7 Å². The lowest BCUT2D eigenvalue weighted by Crippen LogP contribution is -2.46. The van der Waals surface area contributed by atoms with E-state index in [9.17, 15) is 13.2 Å². The monoisotopic (exact) mass is 233 g/mol. The number of hydrogen-bond donors (Lipinski definition) is 0. The van der Waals surface area contributed by atoms with Crippen molar-refractivity contribution in [1.82, 2.24) is 13.5 Å². The highest BCUT2D eigenvalue weighted by atomic mass is 32.2. The quantitative estimate of drug-likeness (QED) is 0.612. The molecule has 0 N–H and O–H groups in total. The Morgan fingerprint density at radius 1 is 1.47 bits per heavy atom. The smallest absolute Gasteiger partial charge is 0.305 e. The molecule has 0 aromatic carbocycles. The third-order valence-electron chi connectivity index (χ3n) is 2.38. The van der Waals surface area contributed by atoms with Crippen LogP contribution in [-0.4, -0.2) is 55.5 Å². The summed E-state index contributed by atoms with van der Waals surface area (Å²) >= 11 is 0. The van der Waals surface area contributed by atoms with E-state index in [2.05, 4.69) is 0 Å². The molecule has 1 atom stereocenters. The molecule has 1 unspecified atom stereocenters. The summed E-state index contributed by atoms with van der Waals surface area (Å²) in [6, 6.07) is 0. The molecule has 0 aromatic rings. The van der Waals surface area contributed by atoms with Crippen molar-refractivity contribution in [2.45, 2.75) is 13.1 Å². The lowest BCUT2D eigenvalue weighted by molar-refractivity contribution is -0.113. The van der Waals surface area contributed by atoms with E-state index in [1.807, 2.05) is 0 Å². The van der Waals surface area contributed by atoms with Crippen molar-refractivity contribution in [3.05, 3.63) is 11.9 Å². The Morgan fingerprint density at radius 3 is 2.40 bits per heavy atom. The summed E-state index contributed by atoms with van der Waals surface area (Å²) in [7, 11) is 0.949. The lowest BCUT2D eigenvalue weighted by Gasteiger charge is -2.27. The van der Waals surface area contributed by atoms with E-state index in [0.29, 0.717) is 6.29 Å². The summed E-state index contributed by atoms with van der Waals surface area (Å²) < 4.78 is 25.8. The number of nitrogens with zero attached hydrogens (tertiary/aromatic N) is 3. The van der Waals surface area contributed by atoms with Crippen LogP contribution >= 0.6 is 0 Å². The molecule has 0 saturated heterocycles. The van der Waals surface area contributed by atoms with Gasteiger partial charge in [0.25, 0.3) is 0 Å². The standard InChI is InChI=1S/C8H15N3O3S/c1-7-5-11(8(6-12)10(7)4)15(13,14)9(2)3/h5-6,8H,1-4H3. The van der Waals surface area contributed by atoms with Gasteiger partial charge < -0.3 is 4.90 Å². The number of hydrogen-bond acceptors (Lipinski definition) is 4. The first-order valence-electron chi connectivity index (χ1n) is 4.40. The fourth-order valence-corrected chi connectivity index (χ4v) is 2.40. The van der Waals surface area contributed by atoms with Crippen molar-refractivity contribution >= 4 is 16.5 Å². The Balaban J connectivity index is 3.12. The van der Waals surface area contributed by atoms with Crippen LogP contribution in [0.2, 0.25) is 0 Å². The van der Waals surface area contributed by atoms with E-state index in [4.69, 9.17) is 0 Å². The Hall–Kier alpha value is -1.08. The second kappa shape index (κ2) is 3.82. The van der Waals surface area contributed by atoms with Gasteiger partial charge in [-0.1, -0.05) is 0 Å². The number of likely N-dealkylation sites (N-methyl/N-ethyl adjacent to an activating group) is 1. The van der Waals surface area contributed by atoms with Crippen molar-refractivity contribution in [2.24, 2.45) is 0 Å². The molecule has 1 rings (SSSR count).